The van der Waals surface area contributed by atoms with Crippen molar-refractivity contribution in [1.82, 2.24) is 4.90 Å². The summed E-state index contributed by atoms with van der Waals surface area (Å²) >= 11 is 0. The molecule has 3 aliphatic rings. The topological polar surface area (TPSA) is 23.5 Å². The van der Waals surface area contributed by atoms with Crippen molar-refractivity contribution in [2.75, 3.05) is 26.2 Å². The van der Waals surface area contributed by atoms with Crippen LogP contribution in [0.2, 0.25) is 0 Å². The van der Waals surface area contributed by atoms with Gasteiger partial charge in [-0.15, -0.1) is 0 Å². The lowest BCUT2D eigenvalue weighted by atomic mass is 9.79. The van der Waals surface area contributed by atoms with E-state index >= 15 is 0 Å². The van der Waals surface area contributed by atoms with Gasteiger partial charge in [-0.05, 0) is 37.8 Å². The Labute approximate surface area is 73.9 Å². The van der Waals surface area contributed by atoms with E-state index < -0.39 is 0 Å². The number of nitrogens with zero attached hydrogens (tertiary/aromatic N) is 1. The Morgan fingerprint density at radius 3 is 2.58 bits per heavy atom. The van der Waals surface area contributed by atoms with E-state index in [4.69, 9.17) is 5.11 Å². The molecule has 2 bridgehead atoms. The Bertz CT molecular complexity index is 171. The van der Waals surface area contributed by atoms with Crippen LogP contribution in [-0.2, 0) is 0 Å². The highest BCUT2D eigenvalue weighted by Gasteiger charge is 2.32. The van der Waals surface area contributed by atoms with E-state index in [0.29, 0.717) is 0 Å². The van der Waals surface area contributed by atoms with Crippen molar-refractivity contribution in [3.8, 4) is 0 Å². The Morgan fingerprint density at radius 1 is 1.33 bits per heavy atom. The van der Waals surface area contributed by atoms with Gasteiger partial charge in [-0.1, -0.05) is 12.2 Å². The van der Waals surface area contributed by atoms with E-state index in [1.807, 2.05) is 6.08 Å². The molecular weight excluding hydrogens is 150 g/mol. The molecule has 0 aliphatic carbocycles. The fraction of sp³-hybridized carbons (Fsp3) is 0.800. The lowest BCUT2D eigenvalue weighted by Gasteiger charge is -2.43. The Balaban J connectivity index is 1.95. The van der Waals surface area contributed by atoms with Crippen LogP contribution in [0, 0.1) is 11.8 Å². The van der Waals surface area contributed by atoms with Gasteiger partial charge in [0.25, 0.3) is 0 Å². The molecule has 0 amide bonds. The van der Waals surface area contributed by atoms with E-state index in [1.54, 1.807) is 0 Å². The Kier molecular flexibility index (Phi) is 2.47. The summed E-state index contributed by atoms with van der Waals surface area (Å²) in [5.41, 5.74) is 0. The molecule has 2 heteroatoms. The Hall–Kier alpha value is -0.340. The Morgan fingerprint density at radius 2 is 2.08 bits per heavy atom. The smallest absolute Gasteiger partial charge is 0.0612 e. The zero-order chi connectivity index (χ0) is 8.39. The largest absolute Gasteiger partial charge is 0.392 e. The molecule has 3 heterocycles. The van der Waals surface area contributed by atoms with Crippen molar-refractivity contribution in [3.05, 3.63) is 12.2 Å². The molecule has 3 rings (SSSR count). The summed E-state index contributed by atoms with van der Waals surface area (Å²) in [4.78, 5) is 2.53. The van der Waals surface area contributed by atoms with Crippen molar-refractivity contribution in [1.29, 1.82) is 0 Å². The molecular formula is C10H17NO. The molecule has 0 spiro atoms. The van der Waals surface area contributed by atoms with E-state index in [2.05, 4.69) is 11.0 Å². The molecule has 0 aromatic rings. The first-order chi connectivity index (χ1) is 5.90. The summed E-state index contributed by atoms with van der Waals surface area (Å²) in [7, 11) is 0. The van der Waals surface area contributed by atoms with Crippen LogP contribution in [0.1, 0.15) is 12.8 Å². The summed E-state index contributed by atoms with van der Waals surface area (Å²) in [6.45, 7) is 4.02. The third-order valence-electron chi connectivity index (χ3n) is 3.20. The highest BCUT2D eigenvalue weighted by Crippen LogP contribution is 2.32. The fourth-order valence-corrected chi connectivity index (χ4v) is 2.46. The second-order valence-electron chi connectivity index (χ2n) is 3.91. The summed E-state index contributed by atoms with van der Waals surface area (Å²) in [5, 5.41) is 8.67. The monoisotopic (exact) mass is 167 g/mol. The number of aliphatic hydroxyl groups is 1. The summed E-state index contributed by atoms with van der Waals surface area (Å²) in [5.74, 6) is 1.62. The molecule has 3 saturated heterocycles. The molecule has 3 aliphatic heterocycles. The summed E-state index contributed by atoms with van der Waals surface area (Å²) in [6, 6.07) is 0. The molecule has 1 atom stereocenters. The molecule has 3 fully saturated rings. The van der Waals surface area contributed by atoms with Crippen LogP contribution in [0.4, 0.5) is 0 Å². The van der Waals surface area contributed by atoms with Crippen molar-refractivity contribution in [2.45, 2.75) is 12.8 Å². The summed E-state index contributed by atoms with van der Waals surface area (Å²) in [6.07, 6.45) is 6.82. The molecule has 0 aromatic carbocycles. The second kappa shape index (κ2) is 3.58. The maximum atomic E-state index is 8.67. The molecule has 68 valence electrons. The molecule has 0 saturated carbocycles. The fourth-order valence-electron chi connectivity index (χ4n) is 2.46. The molecule has 12 heavy (non-hydrogen) atoms. The SMILES string of the molecule is OCC=C[C@H]1CN2CCC1CC2. The molecule has 0 radical (unpaired) electrons. The van der Waals surface area contributed by atoms with E-state index in [1.165, 1.54) is 32.5 Å². The highest BCUT2D eigenvalue weighted by atomic mass is 16.2. The number of aliphatic hydroxyl groups excluding tert-OH is 1. The van der Waals surface area contributed by atoms with Gasteiger partial charge < -0.3 is 10.0 Å². The number of rotatable bonds is 2. The normalized spacial score (nSPS) is 40.9. The van der Waals surface area contributed by atoms with Gasteiger partial charge in [-0.2, -0.15) is 0 Å². The van der Waals surface area contributed by atoms with Crippen molar-refractivity contribution < 1.29 is 5.11 Å². The van der Waals surface area contributed by atoms with Crippen molar-refractivity contribution in [3.63, 3.8) is 0 Å². The third kappa shape index (κ3) is 1.54. The maximum Gasteiger partial charge on any atom is 0.0612 e. The van der Waals surface area contributed by atoms with Crippen molar-refractivity contribution in [2.24, 2.45) is 11.8 Å². The first-order valence-corrected chi connectivity index (χ1v) is 4.90. The lowest BCUT2D eigenvalue weighted by Crippen LogP contribution is -2.46. The molecule has 0 unspecified atom stereocenters. The van der Waals surface area contributed by atoms with E-state index in [-0.39, 0.29) is 6.61 Å². The number of hydrogen-bond acceptors (Lipinski definition) is 2. The minimum Gasteiger partial charge on any atom is -0.392 e. The number of fused-ring (bicyclic) bond motifs is 3. The van der Waals surface area contributed by atoms with Crippen LogP contribution < -0.4 is 0 Å². The van der Waals surface area contributed by atoms with Gasteiger partial charge in [0.15, 0.2) is 0 Å². The average molecular weight is 167 g/mol. The number of piperidine rings is 3. The van der Waals surface area contributed by atoms with Crippen LogP contribution in [0.15, 0.2) is 12.2 Å². The average Bonchev–Trinajstić information content (AvgIpc) is 2.17. The standard InChI is InChI=1S/C10H17NO/c12-7-1-2-10-8-11-5-3-9(10)4-6-11/h1-2,9-10,12H,3-8H2/t10-/m0/s1. The van der Waals surface area contributed by atoms with Gasteiger partial charge in [0.05, 0.1) is 6.61 Å². The quantitative estimate of drug-likeness (QED) is 0.617. The van der Waals surface area contributed by atoms with Gasteiger partial charge in [0, 0.05) is 6.54 Å². The minimum atomic E-state index is 0.198. The van der Waals surface area contributed by atoms with Crippen LogP contribution >= 0.6 is 0 Å². The van der Waals surface area contributed by atoms with Crippen LogP contribution in [0.5, 0.6) is 0 Å². The maximum absolute atomic E-state index is 8.67. The first-order valence-electron chi connectivity index (χ1n) is 4.90. The molecule has 1 N–H and O–H groups in total. The van der Waals surface area contributed by atoms with E-state index in [0.717, 1.165) is 11.8 Å². The zero-order valence-corrected chi connectivity index (χ0v) is 7.45. The van der Waals surface area contributed by atoms with Crippen molar-refractivity contribution >= 4 is 0 Å². The lowest BCUT2D eigenvalue weighted by molar-refractivity contribution is 0.0733. The first kappa shape index (κ1) is 8.27. The van der Waals surface area contributed by atoms with E-state index in [9.17, 15) is 0 Å². The predicted octanol–water partition coefficient (Wildman–Crippen LogP) is 0.877. The predicted molar refractivity (Wildman–Crippen MR) is 48.9 cm³/mol. The van der Waals surface area contributed by atoms with Crippen LogP contribution in [0.25, 0.3) is 0 Å². The highest BCUT2D eigenvalue weighted by molar-refractivity contribution is 4.98. The second-order valence-corrected chi connectivity index (χ2v) is 3.91. The van der Waals surface area contributed by atoms with Gasteiger partial charge in [0.2, 0.25) is 0 Å². The number of hydrogen-bond donors (Lipinski definition) is 1. The van der Waals surface area contributed by atoms with Gasteiger partial charge in [-0.25, -0.2) is 0 Å². The summed E-state index contributed by atoms with van der Waals surface area (Å²) < 4.78 is 0. The third-order valence-corrected chi connectivity index (χ3v) is 3.20. The zero-order valence-electron chi connectivity index (χ0n) is 7.45. The minimum absolute atomic E-state index is 0.198. The van der Waals surface area contributed by atoms with Gasteiger partial charge in [0.1, 0.15) is 0 Å². The van der Waals surface area contributed by atoms with Gasteiger partial charge in [-0.3, -0.25) is 0 Å². The van der Waals surface area contributed by atoms with Crippen LogP contribution in [-0.4, -0.2) is 36.2 Å². The molecule has 0 aromatic heterocycles. The molecule has 2 nitrogen and oxygen atoms in total. The van der Waals surface area contributed by atoms with Gasteiger partial charge >= 0.3 is 0 Å². The van der Waals surface area contributed by atoms with Crippen LogP contribution in [0.3, 0.4) is 0 Å².